The van der Waals surface area contributed by atoms with Crippen LogP contribution >= 0.6 is 31.9 Å². The molecule has 0 aromatic heterocycles. The molecule has 68 valence electrons. The largest absolute Gasteiger partial charge is 0.496 e. The van der Waals surface area contributed by atoms with Gasteiger partial charge < -0.3 is 4.74 Å². The lowest BCUT2D eigenvalue weighted by molar-refractivity contribution is 0.410. The van der Waals surface area contributed by atoms with Crippen molar-refractivity contribution in [3.8, 4) is 11.8 Å². The molecule has 0 aliphatic rings. The molecule has 0 radical (unpaired) electrons. The number of halogens is 2. The van der Waals surface area contributed by atoms with Gasteiger partial charge in [0.05, 0.1) is 13.2 Å². The van der Waals surface area contributed by atoms with E-state index in [0.717, 1.165) is 10.0 Å². The number of alkyl halides is 1. The third kappa shape index (κ3) is 2.45. The van der Waals surface area contributed by atoms with E-state index >= 15 is 0 Å². The Hall–Kier alpha value is -0.530. The maximum absolute atomic E-state index is 8.73. The Bertz CT molecular complexity index is 346. The Morgan fingerprint density at radius 3 is 2.77 bits per heavy atom. The zero-order chi connectivity index (χ0) is 9.84. The molecule has 0 saturated carbocycles. The first-order valence-electron chi connectivity index (χ1n) is 3.56. The van der Waals surface area contributed by atoms with Gasteiger partial charge in [-0.25, -0.2) is 0 Å². The summed E-state index contributed by atoms with van der Waals surface area (Å²) in [5, 5.41) is 8.73. The molecule has 0 spiro atoms. The van der Waals surface area contributed by atoms with Crippen LogP contribution in [0.5, 0.6) is 5.75 Å². The van der Waals surface area contributed by atoms with E-state index in [1.165, 1.54) is 0 Å². The predicted molar refractivity (Wildman–Crippen MR) is 58.0 cm³/mol. The first-order valence-corrected chi connectivity index (χ1v) is 5.27. The fraction of sp³-hybridized carbons (Fsp3) is 0.222. The molecule has 4 heteroatoms. The molecule has 0 bridgehead atoms. The summed E-state index contributed by atoms with van der Waals surface area (Å²) in [6.07, 6.45) is 0. The van der Waals surface area contributed by atoms with Crippen LogP contribution in [-0.4, -0.2) is 7.11 Å². The first-order chi connectivity index (χ1) is 6.19. The Kier molecular flexibility index (Phi) is 3.76. The normalized spacial score (nSPS) is 11.8. The maximum atomic E-state index is 8.73. The molecule has 2 nitrogen and oxygen atoms in total. The van der Waals surface area contributed by atoms with Gasteiger partial charge in [-0.3, -0.25) is 0 Å². The van der Waals surface area contributed by atoms with Crippen molar-refractivity contribution in [2.45, 2.75) is 4.83 Å². The number of nitrogens with zero attached hydrogens (tertiary/aromatic N) is 1. The van der Waals surface area contributed by atoms with Crippen molar-refractivity contribution >= 4 is 31.9 Å². The number of ether oxygens (including phenoxy) is 1. The summed E-state index contributed by atoms with van der Waals surface area (Å²) in [7, 11) is 1.59. The van der Waals surface area contributed by atoms with E-state index in [2.05, 4.69) is 37.9 Å². The minimum absolute atomic E-state index is 0.333. The molecule has 1 unspecified atom stereocenters. The Morgan fingerprint density at radius 2 is 2.23 bits per heavy atom. The second kappa shape index (κ2) is 4.64. The van der Waals surface area contributed by atoms with Crippen LogP contribution in [0.3, 0.4) is 0 Å². The SMILES string of the molecule is COc1ccc(Br)cc1C(Br)C#N. The van der Waals surface area contributed by atoms with Gasteiger partial charge in [0, 0.05) is 10.0 Å². The minimum Gasteiger partial charge on any atom is -0.496 e. The molecule has 0 amide bonds. The quantitative estimate of drug-likeness (QED) is 0.784. The van der Waals surface area contributed by atoms with Crippen LogP contribution in [0.4, 0.5) is 0 Å². The number of benzene rings is 1. The summed E-state index contributed by atoms with van der Waals surface area (Å²) in [5.41, 5.74) is 0.833. The molecule has 1 aromatic carbocycles. The Balaban J connectivity index is 3.17. The zero-order valence-corrected chi connectivity index (χ0v) is 10.1. The van der Waals surface area contributed by atoms with Gasteiger partial charge in [0.25, 0.3) is 0 Å². The van der Waals surface area contributed by atoms with Gasteiger partial charge in [0.1, 0.15) is 10.6 Å². The highest BCUT2D eigenvalue weighted by molar-refractivity contribution is 9.10. The van der Waals surface area contributed by atoms with Gasteiger partial charge in [0.2, 0.25) is 0 Å². The van der Waals surface area contributed by atoms with E-state index in [-0.39, 0.29) is 4.83 Å². The van der Waals surface area contributed by atoms with Crippen LogP contribution in [0.2, 0.25) is 0 Å². The number of nitriles is 1. The molecule has 0 N–H and O–H groups in total. The fourth-order valence-electron chi connectivity index (χ4n) is 0.973. The molecular formula is C9H7Br2NO. The number of hydrogen-bond donors (Lipinski definition) is 0. The molecule has 0 aliphatic carbocycles. The summed E-state index contributed by atoms with van der Waals surface area (Å²) in [4.78, 5) is -0.333. The van der Waals surface area contributed by atoms with E-state index < -0.39 is 0 Å². The summed E-state index contributed by atoms with van der Waals surface area (Å²) in [5.74, 6) is 0.714. The molecule has 0 aliphatic heterocycles. The maximum Gasteiger partial charge on any atom is 0.130 e. The third-order valence-electron chi connectivity index (χ3n) is 1.58. The number of rotatable bonds is 2. The zero-order valence-electron chi connectivity index (χ0n) is 6.92. The Labute approximate surface area is 93.8 Å². The van der Waals surface area contributed by atoms with Gasteiger partial charge in [-0.1, -0.05) is 31.9 Å². The lowest BCUT2D eigenvalue weighted by Gasteiger charge is -2.08. The highest BCUT2D eigenvalue weighted by Crippen LogP contribution is 2.32. The Morgan fingerprint density at radius 1 is 1.54 bits per heavy atom. The lowest BCUT2D eigenvalue weighted by Crippen LogP contribution is -1.92. The lowest BCUT2D eigenvalue weighted by atomic mass is 10.1. The predicted octanol–water partition coefficient (Wildman–Crippen LogP) is 3.42. The average Bonchev–Trinajstić information content (AvgIpc) is 2.16. The van der Waals surface area contributed by atoms with Crippen molar-refractivity contribution in [2.75, 3.05) is 7.11 Å². The van der Waals surface area contributed by atoms with E-state index in [0.29, 0.717) is 5.75 Å². The molecule has 1 rings (SSSR count). The van der Waals surface area contributed by atoms with E-state index in [9.17, 15) is 0 Å². The topological polar surface area (TPSA) is 33.0 Å². The second-order valence-corrected chi connectivity index (χ2v) is 4.21. The van der Waals surface area contributed by atoms with Crippen molar-refractivity contribution in [1.29, 1.82) is 5.26 Å². The average molecular weight is 305 g/mol. The van der Waals surface area contributed by atoms with Crippen molar-refractivity contribution in [3.63, 3.8) is 0 Å². The first kappa shape index (κ1) is 10.6. The summed E-state index contributed by atoms with van der Waals surface area (Å²) < 4.78 is 6.05. The van der Waals surface area contributed by atoms with E-state index in [1.807, 2.05) is 18.2 Å². The van der Waals surface area contributed by atoms with Crippen LogP contribution in [-0.2, 0) is 0 Å². The molecule has 1 atom stereocenters. The number of hydrogen-bond acceptors (Lipinski definition) is 2. The van der Waals surface area contributed by atoms with Crippen LogP contribution in [0.15, 0.2) is 22.7 Å². The van der Waals surface area contributed by atoms with Crippen LogP contribution in [0, 0.1) is 11.3 Å². The van der Waals surface area contributed by atoms with E-state index in [1.54, 1.807) is 7.11 Å². The summed E-state index contributed by atoms with van der Waals surface area (Å²) in [6, 6.07) is 7.66. The second-order valence-electron chi connectivity index (χ2n) is 2.38. The van der Waals surface area contributed by atoms with Gasteiger partial charge in [-0.2, -0.15) is 5.26 Å². The molecule has 13 heavy (non-hydrogen) atoms. The monoisotopic (exact) mass is 303 g/mol. The fourth-order valence-corrected chi connectivity index (χ4v) is 1.71. The third-order valence-corrected chi connectivity index (χ3v) is 2.77. The van der Waals surface area contributed by atoms with Crippen LogP contribution in [0.1, 0.15) is 10.4 Å². The molecule has 0 fully saturated rings. The van der Waals surface area contributed by atoms with Crippen LogP contribution in [0.25, 0.3) is 0 Å². The van der Waals surface area contributed by atoms with E-state index in [4.69, 9.17) is 10.00 Å². The molecule has 1 aromatic rings. The highest BCUT2D eigenvalue weighted by atomic mass is 79.9. The van der Waals surface area contributed by atoms with Gasteiger partial charge >= 0.3 is 0 Å². The number of methoxy groups -OCH3 is 1. The van der Waals surface area contributed by atoms with Gasteiger partial charge in [-0.05, 0) is 18.2 Å². The molecule has 0 saturated heterocycles. The minimum atomic E-state index is -0.333. The van der Waals surface area contributed by atoms with Crippen molar-refractivity contribution in [3.05, 3.63) is 28.2 Å². The molecular weight excluding hydrogens is 298 g/mol. The summed E-state index contributed by atoms with van der Waals surface area (Å²) in [6.45, 7) is 0. The van der Waals surface area contributed by atoms with Crippen molar-refractivity contribution < 1.29 is 4.74 Å². The van der Waals surface area contributed by atoms with Gasteiger partial charge in [-0.15, -0.1) is 0 Å². The summed E-state index contributed by atoms with van der Waals surface area (Å²) >= 11 is 6.59. The smallest absolute Gasteiger partial charge is 0.130 e. The van der Waals surface area contributed by atoms with Gasteiger partial charge in [0.15, 0.2) is 0 Å². The van der Waals surface area contributed by atoms with Crippen LogP contribution < -0.4 is 4.74 Å². The standard InChI is InChI=1S/C9H7Br2NO/c1-13-9-3-2-6(10)4-7(9)8(11)5-12/h2-4,8H,1H3. The van der Waals surface area contributed by atoms with Crippen molar-refractivity contribution in [2.24, 2.45) is 0 Å². The highest BCUT2D eigenvalue weighted by Gasteiger charge is 2.11. The van der Waals surface area contributed by atoms with Crippen molar-refractivity contribution in [1.82, 2.24) is 0 Å². The molecule has 0 heterocycles.